The molecule has 0 bridgehead atoms. The van der Waals surface area contributed by atoms with E-state index in [0.717, 1.165) is 0 Å². The molecule has 4 nitrogen and oxygen atoms in total. The summed E-state index contributed by atoms with van der Waals surface area (Å²) in [5.74, 6) is 0.145. The first-order valence-corrected chi connectivity index (χ1v) is 5.69. The van der Waals surface area contributed by atoms with Crippen molar-refractivity contribution in [3.05, 3.63) is 23.8 Å². The molecular formula is C12H13F3N2O2. The van der Waals surface area contributed by atoms with E-state index in [0.29, 0.717) is 17.0 Å². The van der Waals surface area contributed by atoms with E-state index in [1.54, 1.807) is 12.1 Å². The van der Waals surface area contributed by atoms with Gasteiger partial charge in [-0.05, 0) is 24.7 Å². The fraction of sp³-hybridized carbons (Fsp3) is 0.417. The number of halogens is 3. The topological polar surface area (TPSA) is 50.4 Å². The Balaban J connectivity index is 2.24. The number of anilines is 1. The number of hydrogen-bond acceptors (Lipinski definition) is 3. The lowest BCUT2D eigenvalue weighted by atomic mass is 10.0. The number of fused-ring (bicyclic) bond motifs is 1. The molecule has 19 heavy (non-hydrogen) atoms. The molecule has 2 N–H and O–H groups in total. The van der Waals surface area contributed by atoms with Crippen LogP contribution in [0, 0.1) is 0 Å². The van der Waals surface area contributed by atoms with E-state index < -0.39 is 18.6 Å². The summed E-state index contributed by atoms with van der Waals surface area (Å²) in [4.78, 5) is 11.2. The maximum absolute atomic E-state index is 12.4. The van der Waals surface area contributed by atoms with Crippen molar-refractivity contribution in [1.82, 2.24) is 5.32 Å². The van der Waals surface area contributed by atoms with E-state index in [-0.39, 0.29) is 12.5 Å². The molecule has 104 valence electrons. The van der Waals surface area contributed by atoms with Gasteiger partial charge in [-0.3, -0.25) is 4.79 Å². The number of hydrogen-bond donors (Lipinski definition) is 2. The first kappa shape index (κ1) is 13.7. The number of benzene rings is 1. The van der Waals surface area contributed by atoms with Gasteiger partial charge >= 0.3 is 6.18 Å². The highest BCUT2D eigenvalue weighted by Crippen LogP contribution is 2.34. The fourth-order valence-corrected chi connectivity index (χ4v) is 1.94. The molecule has 0 spiro atoms. The third-order valence-corrected chi connectivity index (χ3v) is 2.82. The summed E-state index contributed by atoms with van der Waals surface area (Å²) in [5.41, 5.74) is 0.848. The molecule has 1 heterocycles. The van der Waals surface area contributed by atoms with Crippen LogP contribution in [0.5, 0.6) is 5.75 Å². The minimum absolute atomic E-state index is 0.0790. The van der Waals surface area contributed by atoms with Crippen molar-refractivity contribution in [2.75, 3.05) is 19.0 Å². The van der Waals surface area contributed by atoms with Crippen LogP contribution in [0.2, 0.25) is 0 Å². The quantitative estimate of drug-likeness (QED) is 0.888. The van der Waals surface area contributed by atoms with Crippen molar-refractivity contribution in [2.45, 2.75) is 18.6 Å². The minimum Gasteiger partial charge on any atom is -0.482 e. The third-order valence-electron chi connectivity index (χ3n) is 2.82. The van der Waals surface area contributed by atoms with E-state index in [9.17, 15) is 18.0 Å². The maximum atomic E-state index is 12.4. The minimum atomic E-state index is -4.26. The molecule has 0 aliphatic carbocycles. The number of carbonyl (C=O) groups excluding carboxylic acids is 1. The molecule has 1 amide bonds. The second-order valence-electron chi connectivity index (χ2n) is 4.25. The zero-order valence-electron chi connectivity index (χ0n) is 10.2. The van der Waals surface area contributed by atoms with Gasteiger partial charge in [0.15, 0.2) is 6.61 Å². The van der Waals surface area contributed by atoms with Crippen molar-refractivity contribution in [3.8, 4) is 5.75 Å². The lowest BCUT2D eigenvalue weighted by molar-refractivity contribution is -0.140. The van der Waals surface area contributed by atoms with E-state index in [4.69, 9.17) is 4.74 Å². The average Bonchev–Trinajstić information content (AvgIpc) is 2.34. The Kier molecular flexibility index (Phi) is 3.66. The highest BCUT2D eigenvalue weighted by molar-refractivity contribution is 5.95. The summed E-state index contributed by atoms with van der Waals surface area (Å²) in [5, 5.41) is 5.19. The molecule has 2 rings (SSSR count). The first-order chi connectivity index (χ1) is 8.89. The largest absolute Gasteiger partial charge is 0.482 e. The lowest BCUT2D eigenvalue weighted by Crippen LogP contribution is -2.27. The van der Waals surface area contributed by atoms with Crippen LogP contribution >= 0.6 is 0 Å². The van der Waals surface area contributed by atoms with E-state index in [1.807, 2.05) is 0 Å². The SMILES string of the molecule is CNC(CC(F)(F)F)c1ccc2c(c1)NC(=O)CO2. The smallest absolute Gasteiger partial charge is 0.390 e. The molecule has 7 heteroatoms. The summed E-state index contributed by atoms with van der Waals surface area (Å²) < 4.78 is 42.5. The number of carbonyl (C=O) groups is 1. The summed E-state index contributed by atoms with van der Waals surface area (Å²) in [6.45, 7) is -0.0790. The Morgan fingerprint density at radius 3 is 2.84 bits per heavy atom. The van der Waals surface area contributed by atoms with Crippen LogP contribution in [-0.2, 0) is 4.79 Å². The zero-order valence-corrected chi connectivity index (χ0v) is 10.2. The summed E-state index contributed by atoms with van der Waals surface area (Å²) in [6.07, 6.45) is -5.24. The molecule has 0 radical (unpaired) electrons. The number of ether oxygens (including phenoxy) is 1. The molecule has 0 saturated carbocycles. The van der Waals surface area contributed by atoms with Gasteiger partial charge in [0, 0.05) is 6.04 Å². The van der Waals surface area contributed by atoms with Crippen molar-refractivity contribution in [2.24, 2.45) is 0 Å². The first-order valence-electron chi connectivity index (χ1n) is 5.69. The van der Waals surface area contributed by atoms with Gasteiger partial charge in [0.25, 0.3) is 5.91 Å². The second-order valence-corrected chi connectivity index (χ2v) is 4.25. The summed E-state index contributed by atoms with van der Waals surface area (Å²) in [6, 6.07) is 3.76. The Bertz CT molecular complexity index is 488. The van der Waals surface area contributed by atoms with Gasteiger partial charge in [0.1, 0.15) is 5.75 Å². The van der Waals surface area contributed by atoms with E-state index in [1.165, 1.54) is 13.1 Å². The van der Waals surface area contributed by atoms with Gasteiger partial charge in [0.2, 0.25) is 0 Å². The molecule has 0 aromatic heterocycles. The van der Waals surface area contributed by atoms with E-state index >= 15 is 0 Å². The van der Waals surface area contributed by atoms with Crippen LogP contribution in [0.1, 0.15) is 18.0 Å². The Labute approximate surface area is 107 Å². The third kappa shape index (κ3) is 3.37. The molecular weight excluding hydrogens is 261 g/mol. The number of nitrogens with one attached hydrogen (secondary N) is 2. The second kappa shape index (κ2) is 5.08. The molecule has 0 fully saturated rings. The Morgan fingerprint density at radius 2 is 2.21 bits per heavy atom. The highest BCUT2D eigenvalue weighted by Gasteiger charge is 2.32. The van der Waals surface area contributed by atoms with Gasteiger partial charge in [-0.1, -0.05) is 6.07 Å². The highest BCUT2D eigenvalue weighted by atomic mass is 19.4. The van der Waals surface area contributed by atoms with E-state index in [2.05, 4.69) is 10.6 Å². The number of amides is 1. The van der Waals surface area contributed by atoms with Gasteiger partial charge in [0.05, 0.1) is 12.1 Å². The van der Waals surface area contributed by atoms with Gasteiger partial charge < -0.3 is 15.4 Å². The van der Waals surface area contributed by atoms with Crippen LogP contribution in [0.25, 0.3) is 0 Å². The van der Waals surface area contributed by atoms with Crippen LogP contribution in [-0.4, -0.2) is 25.7 Å². The normalized spacial score (nSPS) is 16.3. The van der Waals surface area contributed by atoms with Crippen molar-refractivity contribution in [1.29, 1.82) is 0 Å². The van der Waals surface area contributed by atoms with Crippen LogP contribution < -0.4 is 15.4 Å². The summed E-state index contributed by atoms with van der Waals surface area (Å²) in [7, 11) is 1.46. The van der Waals surface area contributed by atoms with Gasteiger partial charge in [-0.15, -0.1) is 0 Å². The molecule has 1 aromatic rings. The zero-order chi connectivity index (χ0) is 14.0. The Morgan fingerprint density at radius 1 is 1.47 bits per heavy atom. The standard InChI is InChI=1S/C12H13F3N2O2/c1-16-9(5-12(13,14)15)7-2-3-10-8(4-7)17-11(18)6-19-10/h2-4,9,16H,5-6H2,1H3,(H,17,18). The van der Waals surface area contributed by atoms with Crippen molar-refractivity contribution >= 4 is 11.6 Å². The predicted molar refractivity (Wildman–Crippen MR) is 63.0 cm³/mol. The summed E-state index contributed by atoms with van der Waals surface area (Å²) >= 11 is 0. The molecule has 1 unspecified atom stereocenters. The number of alkyl halides is 3. The fourth-order valence-electron chi connectivity index (χ4n) is 1.94. The molecule has 1 aromatic carbocycles. The van der Waals surface area contributed by atoms with Crippen molar-refractivity contribution < 1.29 is 22.7 Å². The van der Waals surface area contributed by atoms with Crippen LogP contribution in [0.3, 0.4) is 0 Å². The molecule has 1 atom stereocenters. The molecule has 1 aliphatic rings. The molecule has 0 saturated heterocycles. The monoisotopic (exact) mass is 274 g/mol. The maximum Gasteiger partial charge on any atom is 0.390 e. The molecule has 1 aliphatic heterocycles. The van der Waals surface area contributed by atoms with Crippen molar-refractivity contribution in [3.63, 3.8) is 0 Å². The van der Waals surface area contributed by atoms with Crippen LogP contribution in [0.15, 0.2) is 18.2 Å². The van der Waals surface area contributed by atoms with Gasteiger partial charge in [-0.2, -0.15) is 13.2 Å². The lowest BCUT2D eigenvalue weighted by Gasteiger charge is -2.22. The van der Waals surface area contributed by atoms with Gasteiger partial charge in [-0.25, -0.2) is 0 Å². The number of rotatable bonds is 3. The predicted octanol–water partition coefficient (Wildman–Crippen LogP) is 2.23. The average molecular weight is 274 g/mol. The van der Waals surface area contributed by atoms with Crippen LogP contribution in [0.4, 0.5) is 18.9 Å². The Hall–Kier alpha value is -1.76.